The van der Waals surface area contributed by atoms with Gasteiger partial charge in [0.25, 0.3) is 15.9 Å². The summed E-state index contributed by atoms with van der Waals surface area (Å²) in [5.74, 6) is -0.134. The van der Waals surface area contributed by atoms with E-state index >= 15 is 0 Å². The molecule has 6 nitrogen and oxygen atoms in total. The second-order valence-electron chi connectivity index (χ2n) is 8.95. The third kappa shape index (κ3) is 4.94. The first-order valence-corrected chi connectivity index (χ1v) is 12.9. The summed E-state index contributed by atoms with van der Waals surface area (Å²) in [7, 11) is -3.81. The number of nitrogens with one attached hydrogen (secondary N) is 1. The molecule has 34 heavy (non-hydrogen) atoms. The van der Waals surface area contributed by atoms with Crippen molar-refractivity contribution in [3.05, 3.63) is 88.5 Å². The van der Waals surface area contributed by atoms with Crippen molar-refractivity contribution in [2.75, 3.05) is 35.8 Å². The summed E-state index contributed by atoms with van der Waals surface area (Å²) in [6, 6.07) is 18.2. The number of aryl methyl sites for hydroxylation is 3. The molecule has 1 amide bonds. The highest BCUT2D eigenvalue weighted by atomic mass is 32.2. The fourth-order valence-corrected chi connectivity index (χ4v) is 5.32. The Morgan fingerprint density at radius 1 is 0.824 bits per heavy atom. The molecule has 0 atom stereocenters. The Morgan fingerprint density at radius 3 is 2.18 bits per heavy atom. The number of carbonyl (C=O) groups excluding carboxylic acids is 1. The van der Waals surface area contributed by atoms with Gasteiger partial charge in [0.2, 0.25) is 0 Å². The molecule has 7 heteroatoms. The van der Waals surface area contributed by atoms with Crippen LogP contribution in [0, 0.1) is 27.7 Å². The molecule has 4 rings (SSSR count). The topological polar surface area (TPSA) is 69.7 Å². The molecule has 3 aromatic carbocycles. The standard InChI is InChI=1S/C27H31N3O3S/c1-19-8-11-23(12-9-19)28-34(32,33)24-13-10-21(3)25(18-24)27(31)30-16-14-29(15-17-30)26-7-5-6-20(2)22(26)4/h5-13,18,28H,14-17H2,1-4H3. The lowest BCUT2D eigenvalue weighted by Gasteiger charge is -2.37. The van der Waals surface area contributed by atoms with Crippen LogP contribution in [0.4, 0.5) is 11.4 Å². The predicted molar refractivity (Wildman–Crippen MR) is 137 cm³/mol. The first kappa shape index (κ1) is 23.8. The van der Waals surface area contributed by atoms with Crippen molar-refractivity contribution >= 4 is 27.3 Å². The molecule has 1 aliphatic rings. The minimum Gasteiger partial charge on any atom is -0.368 e. The monoisotopic (exact) mass is 477 g/mol. The summed E-state index contributed by atoms with van der Waals surface area (Å²) in [5.41, 5.74) is 6.44. The highest BCUT2D eigenvalue weighted by Crippen LogP contribution is 2.25. The number of rotatable bonds is 5. The Morgan fingerprint density at radius 2 is 1.50 bits per heavy atom. The average Bonchev–Trinajstić information content (AvgIpc) is 2.82. The van der Waals surface area contributed by atoms with E-state index in [1.54, 1.807) is 24.3 Å². The largest absolute Gasteiger partial charge is 0.368 e. The van der Waals surface area contributed by atoms with Crippen molar-refractivity contribution in [2.45, 2.75) is 32.6 Å². The summed E-state index contributed by atoms with van der Waals surface area (Å²) < 4.78 is 28.5. The maximum absolute atomic E-state index is 13.4. The molecule has 1 saturated heterocycles. The van der Waals surface area contributed by atoms with Crippen molar-refractivity contribution in [3.63, 3.8) is 0 Å². The molecule has 178 valence electrons. The first-order chi connectivity index (χ1) is 16.2. The number of benzene rings is 3. The van der Waals surface area contributed by atoms with Crippen molar-refractivity contribution in [2.24, 2.45) is 0 Å². The molecule has 0 saturated carbocycles. The van der Waals surface area contributed by atoms with E-state index in [1.807, 2.05) is 30.9 Å². The molecular formula is C27H31N3O3S. The smallest absolute Gasteiger partial charge is 0.261 e. The molecule has 1 aliphatic heterocycles. The Balaban J connectivity index is 1.50. The Hall–Kier alpha value is -3.32. The molecule has 0 aromatic heterocycles. The van der Waals surface area contributed by atoms with Gasteiger partial charge in [-0.25, -0.2) is 8.42 Å². The number of nitrogens with zero attached hydrogens (tertiary/aromatic N) is 2. The Bertz CT molecular complexity index is 1310. The van der Waals surface area contributed by atoms with Crippen LogP contribution >= 0.6 is 0 Å². The van der Waals surface area contributed by atoms with Gasteiger partial charge in [-0.05, 0) is 74.7 Å². The molecule has 0 radical (unpaired) electrons. The van der Waals surface area contributed by atoms with Gasteiger partial charge in [-0.3, -0.25) is 9.52 Å². The van der Waals surface area contributed by atoms with E-state index < -0.39 is 10.0 Å². The molecule has 1 fully saturated rings. The van der Waals surface area contributed by atoms with Gasteiger partial charge in [0.15, 0.2) is 0 Å². The van der Waals surface area contributed by atoms with Gasteiger partial charge in [0.05, 0.1) is 4.90 Å². The molecule has 0 spiro atoms. The van der Waals surface area contributed by atoms with E-state index in [-0.39, 0.29) is 10.8 Å². The molecular weight excluding hydrogens is 446 g/mol. The van der Waals surface area contributed by atoms with E-state index in [0.29, 0.717) is 24.3 Å². The quantitative estimate of drug-likeness (QED) is 0.579. The summed E-state index contributed by atoms with van der Waals surface area (Å²) in [4.78, 5) is 17.6. The predicted octanol–water partition coefficient (Wildman–Crippen LogP) is 4.68. The molecule has 0 unspecified atom stereocenters. The summed E-state index contributed by atoms with van der Waals surface area (Å²) in [5, 5.41) is 0. The van der Waals surface area contributed by atoms with Crippen LogP contribution in [0.5, 0.6) is 0 Å². The van der Waals surface area contributed by atoms with Gasteiger partial charge < -0.3 is 9.80 Å². The molecule has 0 bridgehead atoms. The molecule has 1 heterocycles. The highest BCUT2D eigenvalue weighted by Gasteiger charge is 2.26. The van der Waals surface area contributed by atoms with Crippen LogP contribution in [0.1, 0.15) is 32.6 Å². The summed E-state index contributed by atoms with van der Waals surface area (Å²) in [6.07, 6.45) is 0. The Kier molecular flexibility index (Phi) is 6.66. The van der Waals surface area contributed by atoms with Crippen LogP contribution in [-0.4, -0.2) is 45.4 Å². The van der Waals surface area contributed by atoms with Gasteiger partial charge in [-0.15, -0.1) is 0 Å². The van der Waals surface area contributed by atoms with Crippen molar-refractivity contribution in [1.29, 1.82) is 0 Å². The maximum Gasteiger partial charge on any atom is 0.261 e. The number of carbonyl (C=O) groups is 1. The zero-order chi connectivity index (χ0) is 24.5. The van der Waals surface area contributed by atoms with E-state index in [9.17, 15) is 13.2 Å². The number of hydrogen-bond donors (Lipinski definition) is 1. The summed E-state index contributed by atoms with van der Waals surface area (Å²) in [6.45, 7) is 10.7. The number of sulfonamides is 1. The molecule has 1 N–H and O–H groups in total. The second-order valence-corrected chi connectivity index (χ2v) is 10.6. The van der Waals surface area contributed by atoms with Crippen LogP contribution in [0.25, 0.3) is 0 Å². The van der Waals surface area contributed by atoms with E-state index in [1.165, 1.54) is 22.9 Å². The van der Waals surface area contributed by atoms with Crippen LogP contribution in [0.2, 0.25) is 0 Å². The van der Waals surface area contributed by atoms with Crippen LogP contribution in [0.3, 0.4) is 0 Å². The van der Waals surface area contributed by atoms with Crippen LogP contribution in [-0.2, 0) is 10.0 Å². The lowest BCUT2D eigenvalue weighted by Crippen LogP contribution is -2.49. The SMILES string of the molecule is Cc1ccc(NS(=O)(=O)c2ccc(C)c(C(=O)N3CCN(c4cccc(C)c4C)CC3)c2)cc1. The van der Waals surface area contributed by atoms with E-state index in [4.69, 9.17) is 0 Å². The van der Waals surface area contributed by atoms with E-state index in [2.05, 4.69) is 41.7 Å². The zero-order valence-electron chi connectivity index (χ0n) is 20.1. The molecule has 0 aliphatic carbocycles. The number of hydrogen-bond acceptors (Lipinski definition) is 4. The van der Waals surface area contributed by atoms with Gasteiger partial charge in [0, 0.05) is 43.1 Å². The van der Waals surface area contributed by atoms with Gasteiger partial charge in [-0.2, -0.15) is 0 Å². The van der Waals surface area contributed by atoms with Crippen LogP contribution < -0.4 is 9.62 Å². The number of amides is 1. The number of piperazine rings is 1. The van der Waals surface area contributed by atoms with Gasteiger partial charge >= 0.3 is 0 Å². The van der Waals surface area contributed by atoms with Crippen molar-refractivity contribution in [3.8, 4) is 0 Å². The summed E-state index contributed by atoms with van der Waals surface area (Å²) >= 11 is 0. The highest BCUT2D eigenvalue weighted by molar-refractivity contribution is 7.92. The van der Waals surface area contributed by atoms with Crippen molar-refractivity contribution < 1.29 is 13.2 Å². The third-order valence-electron chi connectivity index (χ3n) is 6.54. The fourth-order valence-electron chi connectivity index (χ4n) is 4.23. The average molecular weight is 478 g/mol. The van der Waals surface area contributed by atoms with Crippen LogP contribution in [0.15, 0.2) is 65.6 Å². The lowest BCUT2D eigenvalue weighted by atomic mass is 10.1. The van der Waals surface area contributed by atoms with Crippen molar-refractivity contribution in [1.82, 2.24) is 4.90 Å². The Labute approximate surface area is 202 Å². The normalized spacial score (nSPS) is 14.2. The maximum atomic E-state index is 13.4. The first-order valence-electron chi connectivity index (χ1n) is 11.5. The lowest BCUT2D eigenvalue weighted by molar-refractivity contribution is 0.0745. The zero-order valence-corrected chi connectivity index (χ0v) is 20.9. The third-order valence-corrected chi connectivity index (χ3v) is 7.92. The van der Waals surface area contributed by atoms with Gasteiger partial charge in [0.1, 0.15) is 0 Å². The molecule has 3 aromatic rings. The minimum atomic E-state index is -3.81. The second kappa shape index (κ2) is 9.50. The number of anilines is 2. The van der Waals surface area contributed by atoms with E-state index in [0.717, 1.165) is 24.2 Å². The van der Waals surface area contributed by atoms with Gasteiger partial charge in [-0.1, -0.05) is 35.9 Å². The fraction of sp³-hybridized carbons (Fsp3) is 0.296. The minimum absolute atomic E-state index is 0.0797.